The Morgan fingerprint density at radius 2 is 1.93 bits per heavy atom. The first-order valence-corrected chi connectivity index (χ1v) is 6.14. The molecule has 2 aliphatic carbocycles. The van der Waals surface area contributed by atoms with Crippen LogP contribution in [0.25, 0.3) is 0 Å². The van der Waals surface area contributed by atoms with Crippen LogP contribution in [0, 0.1) is 5.41 Å². The average molecular weight is 208 g/mol. The zero-order chi connectivity index (χ0) is 10.7. The molecule has 0 bridgehead atoms. The number of carbonyl (C=O) groups excluding carboxylic acids is 1. The zero-order valence-electron chi connectivity index (χ0n) is 9.55. The normalized spacial score (nSPS) is 27.5. The summed E-state index contributed by atoms with van der Waals surface area (Å²) < 4.78 is 5.26. The highest BCUT2D eigenvalue weighted by Crippen LogP contribution is 2.48. The number of hydrogen-bond donors (Lipinski definition) is 0. The molecule has 2 nitrogen and oxygen atoms in total. The lowest BCUT2D eigenvalue weighted by molar-refractivity contribution is -0.126. The third kappa shape index (κ3) is 1.95. The lowest BCUT2D eigenvalue weighted by Gasteiger charge is -2.32. The van der Waals surface area contributed by atoms with Crippen LogP contribution in [0.5, 0.6) is 0 Å². The van der Waals surface area contributed by atoms with Crippen molar-refractivity contribution in [2.24, 2.45) is 5.41 Å². The van der Waals surface area contributed by atoms with E-state index < -0.39 is 0 Å². The Morgan fingerprint density at radius 1 is 1.27 bits per heavy atom. The van der Waals surface area contributed by atoms with E-state index in [0.29, 0.717) is 12.4 Å². The molecule has 0 aliphatic heterocycles. The number of allylic oxidation sites excluding steroid dienone is 1. The molecule has 15 heavy (non-hydrogen) atoms. The molecule has 0 amide bonds. The van der Waals surface area contributed by atoms with Crippen LogP contribution in [0.4, 0.5) is 0 Å². The minimum Gasteiger partial charge on any atom is -0.501 e. The standard InChI is InChI=1S/C13H20O2/c1-2-15-10-11-6-5-9-13(12(11)14)7-3-4-8-13/h10H,2-9H2,1H3/b11-10-. The smallest absolute Gasteiger partial charge is 0.168 e. The van der Waals surface area contributed by atoms with Crippen LogP contribution in [0.1, 0.15) is 51.9 Å². The van der Waals surface area contributed by atoms with Crippen molar-refractivity contribution in [3.63, 3.8) is 0 Å². The fraction of sp³-hybridized carbons (Fsp3) is 0.769. The monoisotopic (exact) mass is 208 g/mol. The third-order valence-corrected chi connectivity index (χ3v) is 3.83. The molecule has 0 aromatic heterocycles. The molecule has 2 heteroatoms. The van der Waals surface area contributed by atoms with Gasteiger partial charge in [-0.1, -0.05) is 12.8 Å². The number of ether oxygens (including phenoxy) is 1. The first-order valence-electron chi connectivity index (χ1n) is 6.14. The van der Waals surface area contributed by atoms with Gasteiger partial charge in [0.25, 0.3) is 0 Å². The molecule has 0 heterocycles. The van der Waals surface area contributed by atoms with E-state index in [4.69, 9.17) is 4.74 Å². The lowest BCUT2D eigenvalue weighted by Crippen LogP contribution is -2.33. The Balaban J connectivity index is 2.13. The highest BCUT2D eigenvalue weighted by atomic mass is 16.5. The molecule has 0 radical (unpaired) electrons. The zero-order valence-corrected chi connectivity index (χ0v) is 9.55. The summed E-state index contributed by atoms with van der Waals surface area (Å²) in [6.45, 7) is 2.61. The molecule has 0 aromatic rings. The fourth-order valence-corrected chi connectivity index (χ4v) is 3.01. The molecule has 2 aliphatic rings. The largest absolute Gasteiger partial charge is 0.501 e. The molecule has 0 unspecified atom stereocenters. The van der Waals surface area contributed by atoms with Crippen LogP contribution in [0.15, 0.2) is 11.8 Å². The van der Waals surface area contributed by atoms with Crippen molar-refractivity contribution in [1.82, 2.24) is 0 Å². The molecule has 0 N–H and O–H groups in total. The summed E-state index contributed by atoms with van der Waals surface area (Å²) in [6.07, 6.45) is 9.56. The minimum absolute atomic E-state index is 0.0151. The Bertz CT molecular complexity index is 272. The van der Waals surface area contributed by atoms with Gasteiger partial charge in [-0.05, 0) is 39.0 Å². The Kier molecular flexibility index (Phi) is 3.13. The number of carbonyl (C=O) groups is 1. The molecule has 1 spiro atoms. The summed E-state index contributed by atoms with van der Waals surface area (Å²) in [4.78, 5) is 12.3. The van der Waals surface area contributed by atoms with Crippen molar-refractivity contribution in [3.05, 3.63) is 11.8 Å². The van der Waals surface area contributed by atoms with Crippen LogP contribution in [0.3, 0.4) is 0 Å². The van der Waals surface area contributed by atoms with Crippen LogP contribution in [-0.4, -0.2) is 12.4 Å². The van der Waals surface area contributed by atoms with E-state index in [1.165, 1.54) is 12.8 Å². The van der Waals surface area contributed by atoms with E-state index in [0.717, 1.165) is 37.7 Å². The van der Waals surface area contributed by atoms with Crippen molar-refractivity contribution in [2.75, 3.05) is 6.61 Å². The summed E-state index contributed by atoms with van der Waals surface area (Å²) in [7, 11) is 0. The average Bonchev–Trinajstić information content (AvgIpc) is 2.70. The topological polar surface area (TPSA) is 26.3 Å². The van der Waals surface area contributed by atoms with Crippen LogP contribution < -0.4 is 0 Å². The maximum Gasteiger partial charge on any atom is 0.168 e. The third-order valence-electron chi connectivity index (χ3n) is 3.83. The van der Waals surface area contributed by atoms with E-state index in [2.05, 4.69) is 0 Å². The fourth-order valence-electron chi connectivity index (χ4n) is 3.01. The molecule has 84 valence electrons. The molecule has 0 saturated heterocycles. The summed E-state index contributed by atoms with van der Waals surface area (Å²) in [5.41, 5.74) is 0.950. The van der Waals surface area contributed by atoms with Crippen molar-refractivity contribution >= 4 is 5.78 Å². The molecular formula is C13H20O2. The molecule has 0 aromatic carbocycles. The second-order valence-corrected chi connectivity index (χ2v) is 4.77. The molecule has 0 atom stereocenters. The predicted molar refractivity (Wildman–Crippen MR) is 59.5 cm³/mol. The SMILES string of the molecule is CCO/C=C1/CCCC2(CCCC2)C1=O. The van der Waals surface area contributed by atoms with E-state index in [1.54, 1.807) is 6.26 Å². The first-order chi connectivity index (χ1) is 7.28. The van der Waals surface area contributed by atoms with Crippen molar-refractivity contribution in [2.45, 2.75) is 51.9 Å². The van der Waals surface area contributed by atoms with E-state index >= 15 is 0 Å². The van der Waals surface area contributed by atoms with Crippen molar-refractivity contribution in [3.8, 4) is 0 Å². The minimum atomic E-state index is 0.0151. The van der Waals surface area contributed by atoms with Crippen molar-refractivity contribution < 1.29 is 9.53 Å². The summed E-state index contributed by atoms with van der Waals surface area (Å²) in [6, 6.07) is 0. The Morgan fingerprint density at radius 3 is 2.60 bits per heavy atom. The van der Waals surface area contributed by atoms with Gasteiger partial charge in [-0.15, -0.1) is 0 Å². The summed E-state index contributed by atoms with van der Waals surface area (Å²) in [5.74, 6) is 0.389. The van der Waals surface area contributed by atoms with Gasteiger partial charge in [-0.25, -0.2) is 0 Å². The maximum absolute atomic E-state index is 12.3. The predicted octanol–water partition coefficient (Wildman–Crippen LogP) is 3.22. The van der Waals surface area contributed by atoms with Crippen LogP contribution in [0.2, 0.25) is 0 Å². The molecular weight excluding hydrogens is 188 g/mol. The highest BCUT2D eigenvalue weighted by molar-refractivity contribution is 6.00. The summed E-state index contributed by atoms with van der Waals surface area (Å²) in [5, 5.41) is 0. The highest BCUT2D eigenvalue weighted by Gasteiger charge is 2.44. The number of ketones is 1. The lowest BCUT2D eigenvalue weighted by atomic mass is 9.70. The molecule has 2 rings (SSSR count). The second kappa shape index (κ2) is 4.38. The van der Waals surface area contributed by atoms with Gasteiger partial charge >= 0.3 is 0 Å². The number of Topliss-reactive ketones (excluding diaryl/α,β-unsaturated/α-hetero) is 1. The van der Waals surface area contributed by atoms with E-state index in [1.807, 2.05) is 6.92 Å². The maximum atomic E-state index is 12.3. The van der Waals surface area contributed by atoms with Gasteiger partial charge in [0, 0.05) is 11.0 Å². The quantitative estimate of drug-likeness (QED) is 0.514. The van der Waals surface area contributed by atoms with Gasteiger partial charge in [0.05, 0.1) is 12.9 Å². The van der Waals surface area contributed by atoms with E-state index in [9.17, 15) is 4.79 Å². The second-order valence-electron chi connectivity index (χ2n) is 4.77. The van der Waals surface area contributed by atoms with Gasteiger partial charge in [-0.3, -0.25) is 4.79 Å². The van der Waals surface area contributed by atoms with Gasteiger partial charge in [0.2, 0.25) is 0 Å². The van der Waals surface area contributed by atoms with Gasteiger partial charge in [0.15, 0.2) is 5.78 Å². The Labute approximate surface area is 91.7 Å². The van der Waals surface area contributed by atoms with Crippen molar-refractivity contribution in [1.29, 1.82) is 0 Å². The first kappa shape index (κ1) is 10.7. The van der Waals surface area contributed by atoms with E-state index in [-0.39, 0.29) is 5.41 Å². The van der Waals surface area contributed by atoms with Gasteiger partial charge < -0.3 is 4.74 Å². The summed E-state index contributed by atoms with van der Waals surface area (Å²) >= 11 is 0. The number of hydrogen-bond acceptors (Lipinski definition) is 2. The van der Waals surface area contributed by atoms with Crippen LogP contribution in [-0.2, 0) is 9.53 Å². The van der Waals surface area contributed by atoms with Crippen LogP contribution >= 0.6 is 0 Å². The van der Waals surface area contributed by atoms with Gasteiger partial charge in [-0.2, -0.15) is 0 Å². The Hall–Kier alpha value is -0.790. The number of rotatable bonds is 2. The molecule has 2 saturated carbocycles. The van der Waals surface area contributed by atoms with Gasteiger partial charge in [0.1, 0.15) is 0 Å². The molecule has 2 fully saturated rings.